The zero-order valence-corrected chi connectivity index (χ0v) is 7.67. The van der Waals surface area contributed by atoms with Gasteiger partial charge in [-0.25, -0.2) is 4.39 Å². The highest BCUT2D eigenvalue weighted by atomic mass is 19.1. The standard InChI is InChI=1S/C10H9FO3/c1-6(12)8-3-10-9(13-5-14-10)2-7(8)4-11/h2-3H,4-5H2,1H3. The number of Topliss-reactive ketones (excluding diaryl/α,β-unsaturated/α-hetero) is 1. The van der Waals surface area contributed by atoms with Gasteiger partial charge in [-0.3, -0.25) is 4.79 Å². The highest BCUT2D eigenvalue weighted by Crippen LogP contribution is 2.35. The third-order valence-electron chi connectivity index (χ3n) is 2.12. The zero-order valence-electron chi connectivity index (χ0n) is 7.67. The fourth-order valence-electron chi connectivity index (χ4n) is 1.42. The van der Waals surface area contributed by atoms with Crippen molar-refractivity contribution in [2.75, 3.05) is 6.79 Å². The summed E-state index contributed by atoms with van der Waals surface area (Å²) in [6.07, 6.45) is 0. The maximum Gasteiger partial charge on any atom is 0.231 e. The van der Waals surface area contributed by atoms with Crippen LogP contribution in [0.15, 0.2) is 12.1 Å². The second-order valence-electron chi connectivity index (χ2n) is 3.05. The molecule has 74 valence electrons. The normalized spacial score (nSPS) is 13.0. The number of rotatable bonds is 2. The summed E-state index contributed by atoms with van der Waals surface area (Å²) in [5.41, 5.74) is 0.707. The van der Waals surface area contributed by atoms with Crippen LogP contribution in [0.2, 0.25) is 0 Å². The minimum absolute atomic E-state index is 0.127. The molecule has 0 spiro atoms. The number of fused-ring (bicyclic) bond motifs is 1. The minimum atomic E-state index is -0.675. The van der Waals surface area contributed by atoms with Crippen molar-refractivity contribution in [3.05, 3.63) is 23.3 Å². The summed E-state index contributed by atoms with van der Waals surface area (Å²) >= 11 is 0. The fraction of sp³-hybridized carbons (Fsp3) is 0.300. The average molecular weight is 196 g/mol. The largest absolute Gasteiger partial charge is 0.454 e. The quantitative estimate of drug-likeness (QED) is 0.679. The lowest BCUT2D eigenvalue weighted by Gasteiger charge is -2.04. The Hall–Kier alpha value is -1.58. The van der Waals surface area contributed by atoms with Crippen molar-refractivity contribution in [3.63, 3.8) is 0 Å². The van der Waals surface area contributed by atoms with E-state index in [2.05, 4.69) is 0 Å². The first kappa shape index (κ1) is 8.99. The topological polar surface area (TPSA) is 35.5 Å². The predicted molar refractivity (Wildman–Crippen MR) is 47.4 cm³/mol. The SMILES string of the molecule is CC(=O)c1cc2c(cc1CF)OCO2. The van der Waals surface area contributed by atoms with Crippen LogP contribution in [0.1, 0.15) is 22.8 Å². The van der Waals surface area contributed by atoms with Gasteiger partial charge in [0.1, 0.15) is 6.67 Å². The number of hydrogen-bond donors (Lipinski definition) is 0. The van der Waals surface area contributed by atoms with E-state index in [1.165, 1.54) is 19.1 Å². The van der Waals surface area contributed by atoms with Crippen LogP contribution in [0.3, 0.4) is 0 Å². The monoisotopic (exact) mass is 196 g/mol. The van der Waals surface area contributed by atoms with Gasteiger partial charge in [-0.15, -0.1) is 0 Å². The molecule has 0 bridgehead atoms. The molecule has 0 fully saturated rings. The number of alkyl halides is 1. The predicted octanol–water partition coefficient (Wildman–Crippen LogP) is 2.09. The van der Waals surface area contributed by atoms with Gasteiger partial charge in [-0.1, -0.05) is 0 Å². The van der Waals surface area contributed by atoms with Crippen molar-refractivity contribution in [1.82, 2.24) is 0 Å². The van der Waals surface area contributed by atoms with E-state index < -0.39 is 6.67 Å². The zero-order chi connectivity index (χ0) is 10.1. The molecule has 2 rings (SSSR count). The molecule has 14 heavy (non-hydrogen) atoms. The summed E-state index contributed by atoms with van der Waals surface area (Å²) in [6, 6.07) is 3.04. The van der Waals surface area contributed by atoms with E-state index in [0.717, 1.165) is 0 Å². The molecule has 1 aromatic rings. The van der Waals surface area contributed by atoms with Gasteiger partial charge in [0.05, 0.1) is 0 Å². The van der Waals surface area contributed by atoms with Gasteiger partial charge in [0.25, 0.3) is 0 Å². The second kappa shape index (κ2) is 3.29. The third-order valence-corrected chi connectivity index (χ3v) is 2.12. The summed E-state index contributed by atoms with van der Waals surface area (Å²) in [5, 5.41) is 0. The Kier molecular flexibility index (Phi) is 2.11. The van der Waals surface area contributed by atoms with Gasteiger partial charge in [-0.2, -0.15) is 0 Å². The lowest BCUT2D eigenvalue weighted by Crippen LogP contribution is -1.98. The Labute approximate surface area is 80.4 Å². The Bertz CT molecular complexity index is 387. The van der Waals surface area contributed by atoms with E-state index in [1.54, 1.807) is 0 Å². The summed E-state index contributed by atoms with van der Waals surface area (Å²) in [7, 11) is 0. The van der Waals surface area contributed by atoms with E-state index in [0.29, 0.717) is 22.6 Å². The van der Waals surface area contributed by atoms with Crippen LogP contribution in [-0.2, 0) is 6.67 Å². The second-order valence-corrected chi connectivity index (χ2v) is 3.05. The first-order valence-electron chi connectivity index (χ1n) is 4.22. The number of halogens is 1. The molecule has 1 heterocycles. The van der Waals surface area contributed by atoms with Crippen molar-refractivity contribution in [1.29, 1.82) is 0 Å². The van der Waals surface area contributed by atoms with Crippen molar-refractivity contribution in [2.45, 2.75) is 13.6 Å². The van der Waals surface area contributed by atoms with Crippen molar-refractivity contribution >= 4 is 5.78 Å². The summed E-state index contributed by atoms with van der Waals surface area (Å²) < 4.78 is 22.7. The smallest absolute Gasteiger partial charge is 0.231 e. The summed E-state index contributed by atoms with van der Waals surface area (Å²) in [6.45, 7) is 0.852. The van der Waals surface area contributed by atoms with E-state index in [1.807, 2.05) is 0 Å². The molecule has 0 amide bonds. The number of ether oxygens (including phenoxy) is 2. The molecular weight excluding hydrogens is 187 g/mol. The fourth-order valence-corrected chi connectivity index (χ4v) is 1.42. The molecule has 0 radical (unpaired) electrons. The molecule has 4 heteroatoms. The van der Waals surface area contributed by atoms with E-state index in [9.17, 15) is 9.18 Å². The van der Waals surface area contributed by atoms with Crippen LogP contribution in [0, 0.1) is 0 Å². The number of benzene rings is 1. The molecule has 3 nitrogen and oxygen atoms in total. The molecule has 0 saturated heterocycles. The van der Waals surface area contributed by atoms with Crippen LogP contribution < -0.4 is 9.47 Å². The molecule has 1 aliphatic heterocycles. The molecular formula is C10H9FO3. The summed E-state index contributed by atoms with van der Waals surface area (Å²) in [5.74, 6) is 0.839. The molecule has 0 atom stereocenters. The highest BCUT2D eigenvalue weighted by molar-refractivity contribution is 5.96. The van der Waals surface area contributed by atoms with Gasteiger partial charge in [0, 0.05) is 5.56 Å². The Morgan fingerprint density at radius 2 is 2.07 bits per heavy atom. The molecule has 0 aliphatic carbocycles. The van der Waals surface area contributed by atoms with Crippen LogP contribution in [0.25, 0.3) is 0 Å². The summed E-state index contributed by atoms with van der Waals surface area (Å²) in [4.78, 5) is 11.2. The Morgan fingerprint density at radius 1 is 1.43 bits per heavy atom. The molecule has 1 aromatic carbocycles. The molecule has 0 unspecified atom stereocenters. The van der Waals surface area contributed by atoms with Crippen LogP contribution >= 0.6 is 0 Å². The molecule has 0 aromatic heterocycles. The lowest BCUT2D eigenvalue weighted by molar-refractivity contribution is 0.101. The first-order valence-corrected chi connectivity index (χ1v) is 4.22. The third kappa shape index (κ3) is 1.32. The molecule has 0 saturated carbocycles. The Morgan fingerprint density at radius 3 is 2.64 bits per heavy atom. The van der Waals surface area contributed by atoms with E-state index in [-0.39, 0.29) is 12.6 Å². The van der Waals surface area contributed by atoms with Gasteiger partial charge >= 0.3 is 0 Å². The van der Waals surface area contributed by atoms with Crippen molar-refractivity contribution < 1.29 is 18.7 Å². The van der Waals surface area contributed by atoms with Gasteiger partial charge in [0.2, 0.25) is 6.79 Å². The minimum Gasteiger partial charge on any atom is -0.454 e. The van der Waals surface area contributed by atoms with Gasteiger partial charge in [-0.05, 0) is 24.6 Å². The van der Waals surface area contributed by atoms with Crippen molar-refractivity contribution in [3.8, 4) is 11.5 Å². The molecule has 1 aliphatic rings. The number of hydrogen-bond acceptors (Lipinski definition) is 3. The number of carbonyl (C=O) groups excluding carboxylic acids is 1. The average Bonchev–Trinajstić information content (AvgIpc) is 2.62. The van der Waals surface area contributed by atoms with Crippen LogP contribution in [0.5, 0.6) is 11.5 Å². The van der Waals surface area contributed by atoms with E-state index in [4.69, 9.17) is 9.47 Å². The van der Waals surface area contributed by atoms with Crippen LogP contribution in [-0.4, -0.2) is 12.6 Å². The van der Waals surface area contributed by atoms with E-state index >= 15 is 0 Å². The van der Waals surface area contributed by atoms with Crippen LogP contribution in [0.4, 0.5) is 4.39 Å². The maximum atomic E-state index is 12.6. The number of carbonyl (C=O) groups is 1. The highest BCUT2D eigenvalue weighted by Gasteiger charge is 2.18. The number of ketones is 1. The lowest BCUT2D eigenvalue weighted by atomic mass is 10.0. The van der Waals surface area contributed by atoms with Gasteiger partial charge < -0.3 is 9.47 Å². The Balaban J connectivity index is 2.54. The molecule has 0 N–H and O–H groups in total. The van der Waals surface area contributed by atoms with Crippen molar-refractivity contribution in [2.24, 2.45) is 0 Å². The maximum absolute atomic E-state index is 12.6. The first-order chi connectivity index (χ1) is 6.72. The van der Waals surface area contributed by atoms with Gasteiger partial charge in [0.15, 0.2) is 17.3 Å².